The maximum absolute atomic E-state index is 10.8. The van der Waals surface area contributed by atoms with Crippen molar-refractivity contribution in [3.63, 3.8) is 0 Å². The molecule has 14 heteroatoms. The van der Waals surface area contributed by atoms with Gasteiger partial charge in [-0.25, -0.2) is 4.99 Å². The molecule has 0 fully saturated rings. The summed E-state index contributed by atoms with van der Waals surface area (Å²) in [5.41, 5.74) is 2.88. The second-order valence-electron chi connectivity index (χ2n) is 5.30. The zero-order chi connectivity index (χ0) is 20.4. The van der Waals surface area contributed by atoms with Gasteiger partial charge in [0.15, 0.2) is 6.40 Å². The van der Waals surface area contributed by atoms with Crippen molar-refractivity contribution >= 4 is 51.9 Å². The molecule has 0 N–H and O–H groups in total. The van der Waals surface area contributed by atoms with Crippen LogP contribution in [0.2, 0.25) is 0 Å². The van der Waals surface area contributed by atoms with E-state index >= 15 is 0 Å². The molecule has 0 bridgehead atoms. The molecule has 1 aromatic carbocycles. The first-order chi connectivity index (χ1) is 13.5. The first-order valence-corrected chi connectivity index (χ1v) is 8.89. The van der Waals surface area contributed by atoms with Crippen molar-refractivity contribution < 1.29 is 127 Å². The molecule has 1 aromatic heterocycles. The Hall–Kier alpha value is -0.137. The number of aromatic nitrogens is 2. The van der Waals surface area contributed by atoms with Gasteiger partial charge in [0.25, 0.3) is 5.13 Å². The number of azo groups is 1. The Morgan fingerprint density at radius 3 is 2.33 bits per heavy atom. The molecular formula is C16H16K2N6O5S. The Labute approximate surface area is 261 Å². The molecule has 0 radical (unpaired) electrons. The topological polar surface area (TPSA) is 156 Å². The predicted octanol–water partition coefficient (Wildman–Crippen LogP) is -5.65. The Morgan fingerprint density at radius 2 is 1.80 bits per heavy atom. The molecule has 0 unspecified atom stereocenters. The maximum Gasteiger partial charge on any atom is 1.00 e. The first kappa shape index (κ1) is 29.9. The van der Waals surface area contributed by atoms with Gasteiger partial charge in [-0.1, -0.05) is 11.3 Å². The number of nitrogens with zero attached hydrogens (tertiary/aromatic N) is 6. The standard InChI is InChI=1S/C16H18N6O5S.2K/c1-27-9-17-13-8-11(22(6-4-14(23)24)7-5-15(25)26)2-3-12(13)19-21-16-20-18-10-28-16;;/h2-3,8-10H,4-7H2,1H3,(H,23,24)(H,25,26);;/q;2*+1/p-2. The zero-order valence-corrected chi connectivity index (χ0v) is 23.9. The summed E-state index contributed by atoms with van der Waals surface area (Å²) >= 11 is 1.22. The van der Waals surface area contributed by atoms with Crippen molar-refractivity contribution in [2.75, 3.05) is 25.1 Å². The van der Waals surface area contributed by atoms with Gasteiger partial charge in [-0.2, -0.15) is 0 Å². The number of benzene rings is 1. The van der Waals surface area contributed by atoms with Crippen LogP contribution in [-0.4, -0.2) is 48.7 Å². The molecule has 2 rings (SSSR count). The third-order valence-corrected chi connectivity index (χ3v) is 3.96. The van der Waals surface area contributed by atoms with Gasteiger partial charge in [-0.3, -0.25) is 0 Å². The molecular weight excluding hydrogens is 466 g/mol. The van der Waals surface area contributed by atoms with Gasteiger partial charge in [0.1, 0.15) is 11.2 Å². The number of carbonyl (C=O) groups excluding carboxylic acids is 2. The van der Waals surface area contributed by atoms with E-state index in [2.05, 4.69) is 25.4 Å². The SMILES string of the molecule is COC=Nc1cc(N(CCC(=O)[O-])CCC(=O)[O-])ccc1N=Nc1nncs1.[K+].[K+]. The zero-order valence-electron chi connectivity index (χ0n) is 16.8. The van der Waals surface area contributed by atoms with E-state index < -0.39 is 11.9 Å². The number of carbonyl (C=O) groups is 2. The molecule has 30 heavy (non-hydrogen) atoms. The Kier molecular flexibility index (Phi) is 16.4. The summed E-state index contributed by atoms with van der Waals surface area (Å²) in [5, 5.41) is 37.4. The average Bonchev–Trinajstić information content (AvgIpc) is 3.18. The summed E-state index contributed by atoms with van der Waals surface area (Å²) in [7, 11) is 1.43. The normalized spacial score (nSPS) is 10.4. The molecule has 0 amide bonds. The number of aliphatic imine (C=N–C) groups is 1. The third-order valence-electron chi connectivity index (χ3n) is 3.38. The van der Waals surface area contributed by atoms with Gasteiger partial charge < -0.3 is 29.4 Å². The van der Waals surface area contributed by atoms with Crippen LogP contribution in [0.25, 0.3) is 0 Å². The van der Waals surface area contributed by atoms with Gasteiger partial charge in [0, 0.05) is 43.6 Å². The molecule has 11 nitrogen and oxygen atoms in total. The number of anilines is 1. The fourth-order valence-electron chi connectivity index (χ4n) is 2.14. The molecule has 0 aliphatic carbocycles. The van der Waals surface area contributed by atoms with Crippen molar-refractivity contribution in [2.45, 2.75) is 12.8 Å². The number of carboxylic acid groups (broad SMARTS) is 2. The molecule has 2 aromatic rings. The second-order valence-corrected chi connectivity index (χ2v) is 6.11. The van der Waals surface area contributed by atoms with Crippen LogP contribution in [0.5, 0.6) is 0 Å². The molecule has 0 aliphatic rings. The molecule has 0 saturated heterocycles. The molecule has 1 heterocycles. The van der Waals surface area contributed by atoms with Crippen molar-refractivity contribution in [3.05, 3.63) is 23.7 Å². The van der Waals surface area contributed by atoms with E-state index in [1.165, 1.54) is 30.4 Å². The number of aliphatic carboxylic acids is 2. The van der Waals surface area contributed by atoms with Crippen molar-refractivity contribution in [3.8, 4) is 0 Å². The summed E-state index contributed by atoms with van der Waals surface area (Å²) in [6.45, 7) is 0.128. The monoisotopic (exact) mass is 482 g/mol. The van der Waals surface area contributed by atoms with E-state index in [-0.39, 0.29) is 129 Å². The van der Waals surface area contributed by atoms with Crippen molar-refractivity contribution in [1.82, 2.24) is 10.2 Å². The Morgan fingerprint density at radius 1 is 1.13 bits per heavy atom. The minimum atomic E-state index is -1.24. The van der Waals surface area contributed by atoms with Gasteiger partial charge in [-0.05, 0) is 18.2 Å². The van der Waals surface area contributed by atoms with Crippen molar-refractivity contribution in [1.29, 1.82) is 0 Å². The Balaban J connectivity index is 0.00000420. The van der Waals surface area contributed by atoms with E-state index in [9.17, 15) is 19.8 Å². The van der Waals surface area contributed by atoms with Crippen LogP contribution in [0.1, 0.15) is 12.8 Å². The number of ether oxygens (including phenoxy) is 1. The second kappa shape index (κ2) is 16.5. The van der Waals surface area contributed by atoms with Crippen molar-refractivity contribution in [2.24, 2.45) is 15.2 Å². The molecule has 0 spiro atoms. The number of rotatable bonds is 11. The van der Waals surface area contributed by atoms with Crippen LogP contribution < -0.4 is 118 Å². The summed E-state index contributed by atoms with van der Waals surface area (Å²) in [6, 6.07) is 4.90. The van der Waals surface area contributed by atoms with E-state index in [0.717, 1.165) is 0 Å². The largest absolute Gasteiger partial charge is 1.00 e. The molecule has 0 atom stereocenters. The average molecular weight is 483 g/mol. The molecule has 148 valence electrons. The smallest absolute Gasteiger partial charge is 0.550 e. The predicted molar refractivity (Wildman–Crippen MR) is 97.1 cm³/mol. The van der Waals surface area contributed by atoms with Gasteiger partial charge in [0.2, 0.25) is 0 Å². The molecule has 0 saturated carbocycles. The number of methoxy groups -OCH3 is 1. The minimum Gasteiger partial charge on any atom is -0.550 e. The first-order valence-electron chi connectivity index (χ1n) is 8.01. The van der Waals surface area contributed by atoms with E-state index in [0.29, 0.717) is 22.2 Å². The third kappa shape index (κ3) is 10.9. The fourth-order valence-corrected chi connectivity index (χ4v) is 2.51. The summed E-state index contributed by atoms with van der Waals surface area (Å²) in [6.07, 6.45) is 0.681. The quantitative estimate of drug-likeness (QED) is 0.133. The van der Waals surface area contributed by atoms with Crippen LogP contribution in [0.3, 0.4) is 0 Å². The van der Waals surface area contributed by atoms with Gasteiger partial charge in [-0.15, -0.1) is 20.4 Å². The van der Waals surface area contributed by atoms with Crippen LogP contribution in [0.15, 0.2) is 38.9 Å². The van der Waals surface area contributed by atoms with Crippen LogP contribution >= 0.6 is 11.3 Å². The van der Waals surface area contributed by atoms with Gasteiger partial charge in [0.05, 0.1) is 12.8 Å². The fraction of sp³-hybridized carbons (Fsp3) is 0.312. The van der Waals surface area contributed by atoms with E-state index in [4.69, 9.17) is 4.74 Å². The van der Waals surface area contributed by atoms with Gasteiger partial charge >= 0.3 is 103 Å². The number of carboxylic acids is 2. The Bertz CT molecular complexity index is 848. The molecule has 0 aliphatic heterocycles. The van der Waals surface area contributed by atoms with Crippen LogP contribution in [0, 0.1) is 0 Å². The number of hydrogen-bond acceptors (Lipinski definition) is 12. The summed E-state index contributed by atoms with van der Waals surface area (Å²) < 4.78 is 4.84. The van der Waals surface area contributed by atoms with E-state index in [1.807, 2.05) is 0 Å². The minimum absolute atomic E-state index is 0. The summed E-state index contributed by atoms with van der Waals surface area (Å²) in [4.78, 5) is 27.3. The van der Waals surface area contributed by atoms with E-state index in [1.54, 1.807) is 23.1 Å². The number of hydrogen-bond donors (Lipinski definition) is 0. The maximum atomic E-state index is 10.8. The summed E-state index contributed by atoms with van der Waals surface area (Å²) in [5.74, 6) is -2.47. The van der Waals surface area contributed by atoms with Crippen LogP contribution in [0.4, 0.5) is 22.2 Å². The van der Waals surface area contributed by atoms with Crippen LogP contribution in [-0.2, 0) is 14.3 Å².